The molecule has 0 radical (unpaired) electrons. The number of morpholine rings is 1. The molecule has 2 heterocycles. The molecular weight excluding hydrogens is 244 g/mol. The lowest BCUT2D eigenvalue weighted by Gasteiger charge is -2.28. The Hall–Kier alpha value is -1.84. The second kappa shape index (κ2) is 6.92. The first-order valence-electron chi connectivity index (χ1n) is 6.35. The van der Waals surface area contributed by atoms with Gasteiger partial charge in [-0.25, -0.2) is 4.68 Å². The first-order valence-corrected chi connectivity index (χ1v) is 6.35. The Balaban J connectivity index is 1.96. The van der Waals surface area contributed by atoms with Gasteiger partial charge in [0, 0.05) is 25.7 Å². The molecule has 2 rings (SSSR count). The second-order valence-electron chi connectivity index (χ2n) is 4.26. The van der Waals surface area contributed by atoms with Crippen LogP contribution in [-0.2, 0) is 11.3 Å². The zero-order valence-corrected chi connectivity index (χ0v) is 10.8. The smallest absolute Gasteiger partial charge is 0.268 e. The van der Waals surface area contributed by atoms with Crippen molar-refractivity contribution in [3.63, 3.8) is 0 Å². The minimum atomic E-state index is -0.0912. The molecule has 1 aliphatic heterocycles. The van der Waals surface area contributed by atoms with Crippen molar-refractivity contribution in [2.75, 3.05) is 44.3 Å². The number of rotatable bonds is 5. The molecule has 102 valence electrons. The normalized spacial score (nSPS) is 15.2. The fourth-order valence-corrected chi connectivity index (χ4v) is 1.93. The highest BCUT2D eigenvalue weighted by Gasteiger charge is 2.12. The van der Waals surface area contributed by atoms with Crippen molar-refractivity contribution in [1.29, 1.82) is 0 Å². The zero-order valence-electron chi connectivity index (χ0n) is 10.8. The summed E-state index contributed by atoms with van der Waals surface area (Å²) in [5.74, 6) is 2.48. The Morgan fingerprint density at radius 1 is 1.47 bits per heavy atom. The van der Waals surface area contributed by atoms with Gasteiger partial charge in [-0.1, -0.05) is 5.92 Å². The molecule has 0 aromatic carbocycles. The number of nitrogens with one attached hydrogen (secondary N) is 1. The third-order valence-corrected chi connectivity index (χ3v) is 2.96. The fraction of sp³-hybridized carbons (Fsp3) is 0.538. The summed E-state index contributed by atoms with van der Waals surface area (Å²) >= 11 is 0. The van der Waals surface area contributed by atoms with E-state index in [1.165, 1.54) is 4.68 Å². The highest BCUT2D eigenvalue weighted by molar-refractivity contribution is 5.43. The fourth-order valence-electron chi connectivity index (χ4n) is 1.93. The Kier molecular flexibility index (Phi) is 4.95. The summed E-state index contributed by atoms with van der Waals surface area (Å²) in [4.78, 5) is 14.0. The number of ether oxygens (including phenoxy) is 1. The van der Waals surface area contributed by atoms with E-state index in [4.69, 9.17) is 11.2 Å². The van der Waals surface area contributed by atoms with Crippen molar-refractivity contribution in [3.8, 4) is 12.3 Å². The van der Waals surface area contributed by atoms with Gasteiger partial charge in [0.1, 0.15) is 0 Å². The number of hydrogen-bond acceptors (Lipinski definition) is 5. The van der Waals surface area contributed by atoms with Crippen LogP contribution in [0.25, 0.3) is 0 Å². The van der Waals surface area contributed by atoms with Crippen LogP contribution >= 0.6 is 0 Å². The maximum Gasteiger partial charge on any atom is 0.268 e. The van der Waals surface area contributed by atoms with Crippen molar-refractivity contribution in [2.24, 2.45) is 0 Å². The molecule has 1 fully saturated rings. The molecule has 0 spiro atoms. The summed E-state index contributed by atoms with van der Waals surface area (Å²) in [5.41, 5.74) is 0.771. The number of aromatic nitrogens is 2. The van der Waals surface area contributed by atoms with Crippen LogP contribution in [0.1, 0.15) is 0 Å². The monoisotopic (exact) mass is 262 g/mol. The van der Waals surface area contributed by atoms with Gasteiger partial charge in [-0.2, -0.15) is 5.10 Å². The van der Waals surface area contributed by atoms with Crippen LogP contribution in [0.3, 0.4) is 0 Å². The lowest BCUT2D eigenvalue weighted by Crippen LogP contribution is -2.37. The van der Waals surface area contributed by atoms with E-state index in [-0.39, 0.29) is 5.56 Å². The predicted octanol–water partition coefficient (Wildman–Crippen LogP) is -0.697. The van der Waals surface area contributed by atoms with Crippen LogP contribution in [-0.4, -0.2) is 49.2 Å². The van der Waals surface area contributed by atoms with Gasteiger partial charge in [0.05, 0.1) is 38.2 Å². The van der Waals surface area contributed by atoms with Crippen molar-refractivity contribution in [1.82, 2.24) is 15.1 Å². The van der Waals surface area contributed by atoms with E-state index < -0.39 is 0 Å². The lowest BCUT2D eigenvalue weighted by molar-refractivity contribution is 0.122. The van der Waals surface area contributed by atoms with Gasteiger partial charge in [0.25, 0.3) is 5.56 Å². The van der Waals surface area contributed by atoms with Crippen LogP contribution in [0.2, 0.25) is 0 Å². The Morgan fingerprint density at radius 2 is 2.26 bits per heavy atom. The van der Waals surface area contributed by atoms with Crippen molar-refractivity contribution in [3.05, 3.63) is 22.6 Å². The Bertz CT molecular complexity index is 500. The van der Waals surface area contributed by atoms with E-state index in [9.17, 15) is 4.79 Å². The van der Waals surface area contributed by atoms with Gasteiger partial charge in [-0.3, -0.25) is 4.79 Å². The summed E-state index contributed by atoms with van der Waals surface area (Å²) in [7, 11) is 0. The molecule has 0 unspecified atom stereocenters. The summed E-state index contributed by atoms with van der Waals surface area (Å²) in [6.45, 7) is 4.64. The minimum absolute atomic E-state index is 0.0912. The third-order valence-electron chi connectivity index (χ3n) is 2.96. The first-order chi connectivity index (χ1) is 9.31. The van der Waals surface area contributed by atoms with E-state index in [2.05, 4.69) is 21.2 Å². The molecule has 0 aliphatic carbocycles. The summed E-state index contributed by atoms with van der Waals surface area (Å²) in [5, 5.41) is 7.21. The van der Waals surface area contributed by atoms with Crippen LogP contribution in [0, 0.1) is 12.3 Å². The summed E-state index contributed by atoms with van der Waals surface area (Å²) < 4.78 is 6.72. The number of anilines is 1. The Morgan fingerprint density at radius 3 is 2.95 bits per heavy atom. The molecule has 1 aliphatic rings. The topological polar surface area (TPSA) is 59.4 Å². The van der Waals surface area contributed by atoms with Crippen LogP contribution in [0.15, 0.2) is 17.1 Å². The maximum atomic E-state index is 11.9. The largest absolute Gasteiger partial charge is 0.378 e. The van der Waals surface area contributed by atoms with Gasteiger partial charge in [-0.05, 0) is 0 Å². The standard InChI is InChI=1S/C13H18N4O2/c1-2-3-14-4-5-17-13(18)10-12(11-15-17)16-6-8-19-9-7-16/h1,10-11,14H,3-9H2. The molecule has 0 amide bonds. The highest BCUT2D eigenvalue weighted by atomic mass is 16.5. The second-order valence-corrected chi connectivity index (χ2v) is 4.26. The number of nitrogens with zero attached hydrogens (tertiary/aromatic N) is 3. The molecule has 0 bridgehead atoms. The number of hydrogen-bond donors (Lipinski definition) is 1. The average molecular weight is 262 g/mol. The lowest BCUT2D eigenvalue weighted by atomic mass is 10.3. The molecule has 1 aromatic rings. The third kappa shape index (κ3) is 3.81. The van der Waals surface area contributed by atoms with Gasteiger partial charge in [-0.15, -0.1) is 6.42 Å². The maximum absolute atomic E-state index is 11.9. The van der Waals surface area contributed by atoms with Crippen molar-refractivity contribution >= 4 is 5.69 Å². The van der Waals surface area contributed by atoms with E-state index >= 15 is 0 Å². The van der Waals surface area contributed by atoms with Crippen LogP contribution in [0.4, 0.5) is 5.69 Å². The summed E-state index contributed by atoms with van der Waals surface area (Å²) in [6, 6.07) is 1.62. The molecule has 0 saturated carbocycles. The first kappa shape index (κ1) is 13.6. The van der Waals surface area contributed by atoms with E-state index in [1.54, 1.807) is 12.3 Å². The molecular formula is C13H18N4O2. The van der Waals surface area contributed by atoms with Crippen molar-refractivity contribution in [2.45, 2.75) is 6.54 Å². The van der Waals surface area contributed by atoms with Gasteiger partial charge >= 0.3 is 0 Å². The molecule has 6 nitrogen and oxygen atoms in total. The average Bonchev–Trinajstić information content (AvgIpc) is 2.46. The SMILES string of the molecule is C#CCNCCn1ncc(N2CCOCC2)cc1=O. The summed E-state index contributed by atoms with van der Waals surface area (Å²) in [6.07, 6.45) is 6.86. The molecule has 6 heteroatoms. The van der Waals surface area contributed by atoms with Gasteiger partial charge < -0.3 is 15.0 Å². The van der Waals surface area contributed by atoms with E-state index in [0.29, 0.717) is 32.8 Å². The zero-order chi connectivity index (χ0) is 13.5. The highest BCUT2D eigenvalue weighted by Crippen LogP contribution is 2.11. The molecule has 1 N–H and O–H groups in total. The van der Waals surface area contributed by atoms with E-state index in [1.807, 2.05) is 0 Å². The van der Waals surface area contributed by atoms with E-state index in [0.717, 1.165) is 18.8 Å². The van der Waals surface area contributed by atoms with Crippen LogP contribution < -0.4 is 15.8 Å². The van der Waals surface area contributed by atoms with Crippen LogP contribution in [0.5, 0.6) is 0 Å². The Labute approximate surface area is 112 Å². The number of terminal acetylenes is 1. The van der Waals surface area contributed by atoms with Gasteiger partial charge in [0.2, 0.25) is 0 Å². The predicted molar refractivity (Wildman–Crippen MR) is 73.2 cm³/mol. The molecule has 0 atom stereocenters. The molecule has 1 aromatic heterocycles. The quantitative estimate of drug-likeness (QED) is 0.562. The molecule has 1 saturated heterocycles. The van der Waals surface area contributed by atoms with Gasteiger partial charge in [0.15, 0.2) is 0 Å². The molecule has 19 heavy (non-hydrogen) atoms. The minimum Gasteiger partial charge on any atom is -0.378 e. The van der Waals surface area contributed by atoms with Crippen molar-refractivity contribution < 1.29 is 4.74 Å².